The van der Waals surface area contributed by atoms with E-state index < -0.39 is 0 Å². The van der Waals surface area contributed by atoms with Crippen LogP contribution in [0, 0.1) is 18.8 Å². The molecule has 5 heteroatoms. The molecule has 4 aromatic rings. The Morgan fingerprint density at radius 1 is 0.921 bits per heavy atom. The van der Waals surface area contributed by atoms with Gasteiger partial charge in [0, 0.05) is 22.5 Å². The number of rotatable bonds is 1. The van der Waals surface area contributed by atoms with Crippen molar-refractivity contribution in [2.75, 3.05) is 16.8 Å². The molecule has 0 bridgehead atoms. The van der Waals surface area contributed by atoms with Gasteiger partial charge in [-0.3, -0.25) is 0 Å². The Balaban J connectivity index is 0.000000191. The van der Waals surface area contributed by atoms with Crippen LogP contribution in [0.25, 0.3) is 11.3 Å². The van der Waals surface area contributed by atoms with Crippen molar-refractivity contribution in [2.24, 2.45) is 0 Å². The van der Waals surface area contributed by atoms with E-state index in [1.807, 2.05) is 54.2 Å². The molecule has 38 heavy (non-hydrogen) atoms. The minimum atomic E-state index is 0. The van der Waals surface area contributed by atoms with E-state index in [4.69, 9.17) is 0 Å². The molecule has 0 fully saturated rings. The molecule has 1 aliphatic carbocycles. The predicted octanol–water partition coefficient (Wildman–Crippen LogP) is 8.55. The van der Waals surface area contributed by atoms with Crippen LogP contribution in [0.1, 0.15) is 51.7 Å². The van der Waals surface area contributed by atoms with Gasteiger partial charge in [-0.15, -0.1) is 41.5 Å². The van der Waals surface area contributed by atoms with Crippen LogP contribution in [-0.2, 0) is 30.9 Å². The van der Waals surface area contributed by atoms with Crippen LogP contribution in [0.4, 0.5) is 17.1 Å². The molecule has 1 aromatic heterocycles. The number of aromatic nitrogens is 1. The number of benzene rings is 3. The van der Waals surface area contributed by atoms with Gasteiger partial charge in [-0.05, 0) is 42.8 Å². The van der Waals surface area contributed by atoms with E-state index in [9.17, 15) is 0 Å². The van der Waals surface area contributed by atoms with Crippen LogP contribution in [-0.4, -0.2) is 12.0 Å². The second-order valence-corrected chi connectivity index (χ2v) is 12.4. The molecule has 194 valence electrons. The van der Waals surface area contributed by atoms with E-state index in [-0.39, 0.29) is 30.9 Å². The Kier molecular flexibility index (Phi) is 7.23. The fraction of sp³-hybridized carbons (Fsp3) is 0.273. The summed E-state index contributed by atoms with van der Waals surface area (Å²) in [5, 5.41) is 0. The molecule has 3 aromatic carbocycles. The first-order valence-corrected chi connectivity index (χ1v) is 13.7. The average molecular weight is 695 g/mol. The molecule has 0 atom stereocenters. The number of fused-ring (bicyclic) bond motifs is 3. The van der Waals surface area contributed by atoms with Gasteiger partial charge in [-0.2, -0.15) is 36.1 Å². The molecule has 3 nitrogen and oxygen atoms in total. The van der Waals surface area contributed by atoms with Crippen molar-refractivity contribution in [3.8, 4) is 11.3 Å². The molecule has 3 heterocycles. The average Bonchev–Trinajstić information content (AvgIpc) is 3.25. The second kappa shape index (κ2) is 10.2. The SMILES string of the molecule is CN1[CH-]N2c3[c-]c4c(cc3Sc3cccc1c32)C(C)(C)CCC4(C)C.[Ir+3].[c-]1ccccc1-c1ccccn1. The van der Waals surface area contributed by atoms with E-state index in [1.54, 1.807) is 6.20 Å². The summed E-state index contributed by atoms with van der Waals surface area (Å²) in [5.41, 5.74) is 9.14. The molecule has 0 spiro atoms. The van der Waals surface area contributed by atoms with Crippen LogP contribution >= 0.6 is 11.8 Å². The maximum Gasteiger partial charge on any atom is 3.00 e. The first kappa shape index (κ1) is 27.0. The summed E-state index contributed by atoms with van der Waals surface area (Å²) < 4.78 is 0. The summed E-state index contributed by atoms with van der Waals surface area (Å²) in [6, 6.07) is 29.7. The Morgan fingerprint density at radius 2 is 1.71 bits per heavy atom. The number of hydrogen-bond acceptors (Lipinski definition) is 4. The fourth-order valence-corrected chi connectivity index (χ4v) is 6.61. The number of hydrogen-bond donors (Lipinski definition) is 0. The normalized spacial score (nSPS) is 17.3. The third-order valence-corrected chi connectivity index (χ3v) is 8.88. The topological polar surface area (TPSA) is 19.4 Å². The predicted molar refractivity (Wildman–Crippen MR) is 154 cm³/mol. The zero-order chi connectivity index (χ0) is 25.8. The second-order valence-electron chi connectivity index (χ2n) is 11.4. The molecule has 0 saturated carbocycles. The smallest absolute Gasteiger partial charge is 0.504 e. The first-order chi connectivity index (χ1) is 17.7. The van der Waals surface area contributed by atoms with Crippen molar-refractivity contribution in [2.45, 2.75) is 61.2 Å². The van der Waals surface area contributed by atoms with Crippen molar-refractivity contribution in [3.05, 3.63) is 103 Å². The van der Waals surface area contributed by atoms with Crippen LogP contribution in [0.3, 0.4) is 0 Å². The number of nitrogens with zero attached hydrogens (tertiary/aromatic N) is 3. The van der Waals surface area contributed by atoms with Gasteiger partial charge in [0.25, 0.3) is 0 Å². The van der Waals surface area contributed by atoms with E-state index in [2.05, 4.69) is 92.6 Å². The Labute approximate surface area is 245 Å². The van der Waals surface area contributed by atoms with Crippen molar-refractivity contribution in [1.82, 2.24) is 4.98 Å². The van der Waals surface area contributed by atoms with Gasteiger partial charge in [-0.25, -0.2) is 0 Å². The van der Waals surface area contributed by atoms with Gasteiger partial charge >= 0.3 is 20.1 Å². The quantitative estimate of drug-likeness (QED) is 0.186. The Bertz CT molecular complexity index is 1410. The van der Waals surface area contributed by atoms with E-state index in [0.717, 1.165) is 11.3 Å². The Morgan fingerprint density at radius 3 is 2.45 bits per heavy atom. The van der Waals surface area contributed by atoms with Crippen molar-refractivity contribution < 1.29 is 20.1 Å². The third-order valence-electron chi connectivity index (χ3n) is 7.80. The van der Waals surface area contributed by atoms with Gasteiger partial charge in [0.05, 0.1) is 0 Å². The largest absolute Gasteiger partial charge is 3.00 e. The summed E-state index contributed by atoms with van der Waals surface area (Å²) >= 11 is 1.90. The molecular formula is C33H32IrN3S. The monoisotopic (exact) mass is 695 g/mol. The molecule has 0 radical (unpaired) electrons. The zero-order valence-corrected chi connectivity index (χ0v) is 25.7. The molecule has 2 aliphatic heterocycles. The standard InChI is InChI=1S/C22H24N2S.C11H8N.Ir/c1-21(2)9-10-22(3,4)15-12-19-17(11-14(15)21)24-13-23(5)16-7-6-8-18(25-19)20(16)24;1-2-6-10(7-3-1)11-8-4-5-9-12-11;/h6-8,12-13H,9-10H2,1-5H3;1-6,8-9H;/q-2;-1;+3. The van der Waals surface area contributed by atoms with Crippen molar-refractivity contribution in [3.63, 3.8) is 0 Å². The first-order valence-electron chi connectivity index (χ1n) is 12.9. The number of para-hydroxylation sites is 1. The molecule has 7 rings (SSSR count). The van der Waals surface area contributed by atoms with Crippen molar-refractivity contribution in [1.29, 1.82) is 0 Å². The molecular weight excluding hydrogens is 663 g/mol. The fourth-order valence-electron chi connectivity index (χ4n) is 5.50. The number of anilines is 3. The summed E-state index contributed by atoms with van der Waals surface area (Å²) in [4.78, 5) is 11.5. The number of pyridine rings is 1. The van der Waals surface area contributed by atoms with E-state index in [0.29, 0.717) is 0 Å². The minimum Gasteiger partial charge on any atom is -0.504 e. The third kappa shape index (κ3) is 4.70. The summed E-state index contributed by atoms with van der Waals surface area (Å²) in [6.07, 6.45) is 4.25. The molecule has 0 amide bonds. The molecule has 0 unspecified atom stereocenters. The van der Waals surface area contributed by atoms with Gasteiger partial charge in [0.15, 0.2) is 0 Å². The van der Waals surface area contributed by atoms with Gasteiger partial charge in [-0.1, -0.05) is 68.3 Å². The summed E-state index contributed by atoms with van der Waals surface area (Å²) in [7, 11) is 2.13. The van der Waals surface area contributed by atoms with Gasteiger partial charge < -0.3 is 14.8 Å². The van der Waals surface area contributed by atoms with Crippen LogP contribution in [0.5, 0.6) is 0 Å². The molecule has 0 saturated heterocycles. The maximum atomic E-state index is 4.22. The Hall–Kier alpha value is -2.59. The summed E-state index contributed by atoms with van der Waals surface area (Å²) in [5.74, 6) is 0. The minimum absolute atomic E-state index is 0. The summed E-state index contributed by atoms with van der Waals surface area (Å²) in [6.45, 7) is 11.7. The van der Waals surface area contributed by atoms with Gasteiger partial charge in [0.1, 0.15) is 0 Å². The molecule has 3 aliphatic rings. The molecule has 0 N–H and O–H groups in total. The zero-order valence-electron chi connectivity index (χ0n) is 22.5. The van der Waals surface area contributed by atoms with Gasteiger partial charge in [0.2, 0.25) is 0 Å². The van der Waals surface area contributed by atoms with Crippen molar-refractivity contribution >= 4 is 28.8 Å². The van der Waals surface area contributed by atoms with Crippen LogP contribution in [0.15, 0.2) is 82.7 Å². The van der Waals surface area contributed by atoms with Crippen LogP contribution in [0.2, 0.25) is 0 Å². The van der Waals surface area contributed by atoms with E-state index in [1.165, 1.54) is 50.8 Å². The maximum absolute atomic E-state index is 4.22. The van der Waals surface area contributed by atoms with Crippen LogP contribution < -0.4 is 9.80 Å². The van der Waals surface area contributed by atoms with E-state index >= 15 is 0 Å².